The number of carbonyl (C=O) groups excluding carboxylic acids is 4. The van der Waals surface area contributed by atoms with Gasteiger partial charge < -0.3 is 13.3 Å². The minimum atomic E-state index is -0.425. The third-order valence-corrected chi connectivity index (χ3v) is 11.1. The molecule has 2 aromatic heterocycles. The summed E-state index contributed by atoms with van der Waals surface area (Å²) in [5, 5.41) is 12.1. The number of benzene rings is 2. The standard InChI is InChI=1S/C41H45Cl2N8O6/c1-51(23-5-4-20-48-39(53)29-50(41(48)55)45-27-35-15-17-37(57-35)31-8-12-33(43)13-9-31)24-21-46(22-25-51)18-2-3-19-47-38(52)28-49(40(47)54)44-26-34-14-16-36(56-34)30-6-10-32(42)11-7-30/h6-17,26-27H,2-5,18-25,28-29H2,1H3/q+1. The molecular weight excluding hydrogens is 771 g/mol. The Hall–Kier alpha value is -5.28. The summed E-state index contributed by atoms with van der Waals surface area (Å²) in [5.74, 6) is 1.72. The van der Waals surface area contributed by atoms with Crippen LogP contribution in [0, 0.1) is 0 Å². The number of furan rings is 2. The van der Waals surface area contributed by atoms with Crippen molar-refractivity contribution in [3.05, 3.63) is 94.4 Å². The zero-order chi connectivity index (χ0) is 39.9. The number of unbranched alkanes of at least 4 members (excludes halogenated alkanes) is 2. The van der Waals surface area contributed by atoms with Gasteiger partial charge in [0.05, 0.1) is 39.1 Å². The predicted molar refractivity (Wildman–Crippen MR) is 217 cm³/mol. The first kappa shape index (κ1) is 39.9. The number of urea groups is 2. The molecular formula is C41H45Cl2N8O6+. The molecule has 0 N–H and O–H groups in total. The molecule has 2 aromatic carbocycles. The van der Waals surface area contributed by atoms with Crippen molar-refractivity contribution in [1.29, 1.82) is 0 Å². The van der Waals surface area contributed by atoms with E-state index in [4.69, 9.17) is 32.0 Å². The molecule has 7 rings (SSSR count). The molecule has 3 aliphatic heterocycles. The molecule has 0 unspecified atom stereocenters. The molecule has 3 saturated heterocycles. The molecule has 4 aromatic rings. The lowest BCUT2D eigenvalue weighted by molar-refractivity contribution is -0.913. The number of likely N-dealkylation sites (N-methyl/N-ethyl adjacent to an activating group) is 1. The molecule has 0 spiro atoms. The number of halogens is 2. The highest BCUT2D eigenvalue weighted by Gasteiger charge is 2.37. The molecule has 3 aliphatic rings. The minimum Gasteiger partial charge on any atom is -0.455 e. The number of hydrogen-bond acceptors (Lipinski definition) is 9. The van der Waals surface area contributed by atoms with Gasteiger partial charge >= 0.3 is 12.1 Å². The second-order valence-corrected chi connectivity index (χ2v) is 15.6. The maximum atomic E-state index is 13.0. The Morgan fingerprint density at radius 1 is 0.614 bits per heavy atom. The van der Waals surface area contributed by atoms with Crippen molar-refractivity contribution >= 4 is 59.5 Å². The second-order valence-electron chi connectivity index (χ2n) is 14.7. The van der Waals surface area contributed by atoms with E-state index in [2.05, 4.69) is 22.2 Å². The normalized spacial score (nSPS) is 17.8. The Bertz CT molecular complexity index is 2120. The van der Waals surface area contributed by atoms with Crippen LogP contribution in [0.15, 0.2) is 91.8 Å². The van der Waals surface area contributed by atoms with Crippen LogP contribution in [0.2, 0.25) is 10.0 Å². The molecule has 5 heterocycles. The van der Waals surface area contributed by atoms with E-state index >= 15 is 0 Å². The van der Waals surface area contributed by atoms with Gasteiger partial charge in [-0.05, 0) is 105 Å². The number of hydrazone groups is 2. The molecule has 6 amide bonds. The molecule has 0 atom stereocenters. The van der Waals surface area contributed by atoms with Crippen molar-refractivity contribution in [2.45, 2.75) is 25.7 Å². The van der Waals surface area contributed by atoms with Crippen LogP contribution in [0.4, 0.5) is 9.59 Å². The van der Waals surface area contributed by atoms with Gasteiger partial charge in [-0.3, -0.25) is 24.3 Å². The highest BCUT2D eigenvalue weighted by atomic mass is 35.5. The van der Waals surface area contributed by atoms with E-state index in [9.17, 15) is 19.2 Å². The van der Waals surface area contributed by atoms with Crippen LogP contribution >= 0.6 is 23.2 Å². The molecule has 0 aliphatic carbocycles. The minimum absolute atomic E-state index is 0.0957. The van der Waals surface area contributed by atoms with Gasteiger partial charge in [0.1, 0.15) is 36.1 Å². The van der Waals surface area contributed by atoms with Crippen molar-refractivity contribution < 1.29 is 32.5 Å². The Morgan fingerprint density at radius 2 is 1.05 bits per heavy atom. The van der Waals surface area contributed by atoms with Crippen LogP contribution in [-0.4, -0.2) is 138 Å². The van der Waals surface area contributed by atoms with Crippen molar-refractivity contribution in [2.75, 3.05) is 72.5 Å². The average Bonchev–Trinajstić information content (AvgIpc) is 3.99. The maximum Gasteiger partial charge on any atom is 0.347 e. The zero-order valence-electron chi connectivity index (χ0n) is 31.8. The summed E-state index contributed by atoms with van der Waals surface area (Å²) < 4.78 is 12.6. The van der Waals surface area contributed by atoms with E-state index in [1.165, 1.54) is 32.2 Å². The topological polar surface area (TPSA) is 135 Å². The number of nitrogens with zero attached hydrogens (tertiary/aromatic N) is 8. The Kier molecular flexibility index (Phi) is 12.5. The Morgan fingerprint density at radius 3 is 1.53 bits per heavy atom. The number of carbonyl (C=O) groups is 4. The van der Waals surface area contributed by atoms with E-state index in [-0.39, 0.29) is 24.9 Å². The SMILES string of the molecule is C[N+]1(CCCCN2C(=O)CN(N=Cc3ccc(-c4ccc(Cl)cc4)o3)C2=O)CCN(CCCCN2C(=O)CN(N=Cc3ccc(-c4ccc(Cl)cc4)o3)C2=O)CC1. The molecule has 0 radical (unpaired) electrons. The summed E-state index contributed by atoms with van der Waals surface area (Å²) in [4.78, 5) is 56.2. The predicted octanol–water partition coefficient (Wildman–Crippen LogP) is 6.73. The average molecular weight is 817 g/mol. The van der Waals surface area contributed by atoms with Crippen LogP contribution in [0.5, 0.6) is 0 Å². The van der Waals surface area contributed by atoms with Gasteiger partial charge in [-0.25, -0.2) is 19.6 Å². The van der Waals surface area contributed by atoms with Gasteiger partial charge in [0.2, 0.25) is 0 Å². The van der Waals surface area contributed by atoms with E-state index in [0.717, 1.165) is 74.1 Å². The lowest BCUT2D eigenvalue weighted by atomic mass is 10.2. The van der Waals surface area contributed by atoms with Gasteiger partial charge in [0.25, 0.3) is 11.8 Å². The number of hydrogen-bond donors (Lipinski definition) is 0. The summed E-state index contributed by atoms with van der Waals surface area (Å²) in [6, 6.07) is 20.9. The highest BCUT2D eigenvalue weighted by Crippen LogP contribution is 2.25. The fourth-order valence-electron chi connectivity index (χ4n) is 7.12. The van der Waals surface area contributed by atoms with Gasteiger partial charge in [-0.1, -0.05) is 23.2 Å². The number of quaternary nitrogens is 1. The second kappa shape index (κ2) is 17.9. The molecule has 14 nitrogen and oxygen atoms in total. The third-order valence-electron chi connectivity index (χ3n) is 10.6. The third kappa shape index (κ3) is 10.0. The Labute approximate surface area is 341 Å². The van der Waals surface area contributed by atoms with Crippen molar-refractivity contribution in [3.63, 3.8) is 0 Å². The first-order valence-corrected chi connectivity index (χ1v) is 19.9. The fourth-order valence-corrected chi connectivity index (χ4v) is 7.37. The van der Waals surface area contributed by atoms with E-state index in [0.29, 0.717) is 52.6 Å². The molecule has 3 fully saturated rings. The number of amides is 6. The van der Waals surface area contributed by atoms with E-state index in [1.807, 2.05) is 36.4 Å². The van der Waals surface area contributed by atoms with E-state index in [1.54, 1.807) is 36.4 Å². The number of rotatable bonds is 16. The van der Waals surface area contributed by atoms with Gasteiger partial charge in [0, 0.05) is 47.4 Å². The Balaban J connectivity index is 0.768. The summed E-state index contributed by atoms with van der Waals surface area (Å²) in [5.41, 5.74) is 1.74. The molecule has 0 saturated carbocycles. The van der Waals surface area contributed by atoms with Crippen molar-refractivity contribution in [2.24, 2.45) is 10.2 Å². The molecule has 16 heteroatoms. The van der Waals surface area contributed by atoms with Gasteiger partial charge in [-0.2, -0.15) is 10.2 Å². The summed E-state index contributed by atoms with van der Waals surface area (Å²) in [7, 11) is 2.26. The molecule has 57 heavy (non-hydrogen) atoms. The summed E-state index contributed by atoms with van der Waals surface area (Å²) in [6.45, 7) is 6.30. The molecule has 0 bridgehead atoms. The number of imide groups is 2. The van der Waals surface area contributed by atoms with Crippen LogP contribution in [0.1, 0.15) is 37.2 Å². The largest absolute Gasteiger partial charge is 0.455 e. The van der Waals surface area contributed by atoms with Gasteiger partial charge in [-0.15, -0.1) is 0 Å². The maximum absolute atomic E-state index is 13.0. The zero-order valence-corrected chi connectivity index (χ0v) is 33.3. The fraction of sp³-hybridized carbons (Fsp3) is 0.366. The smallest absolute Gasteiger partial charge is 0.347 e. The van der Waals surface area contributed by atoms with Crippen molar-refractivity contribution in [1.82, 2.24) is 24.7 Å². The lowest BCUT2D eigenvalue weighted by Crippen LogP contribution is -2.57. The lowest BCUT2D eigenvalue weighted by Gasteiger charge is -2.42. The van der Waals surface area contributed by atoms with Crippen LogP contribution in [0.3, 0.4) is 0 Å². The number of piperazine rings is 1. The first-order chi connectivity index (χ1) is 27.5. The summed E-state index contributed by atoms with van der Waals surface area (Å²) >= 11 is 11.9. The van der Waals surface area contributed by atoms with Crippen molar-refractivity contribution in [3.8, 4) is 22.6 Å². The quantitative estimate of drug-likeness (QED) is 0.0530. The highest BCUT2D eigenvalue weighted by molar-refractivity contribution is 6.30. The summed E-state index contributed by atoms with van der Waals surface area (Å²) in [6.07, 6.45) is 6.09. The van der Waals surface area contributed by atoms with Crippen LogP contribution in [-0.2, 0) is 9.59 Å². The first-order valence-electron chi connectivity index (χ1n) is 19.1. The monoisotopic (exact) mass is 815 g/mol. The van der Waals surface area contributed by atoms with Crippen LogP contribution in [0.25, 0.3) is 22.6 Å². The van der Waals surface area contributed by atoms with E-state index < -0.39 is 12.1 Å². The van der Waals surface area contributed by atoms with Crippen LogP contribution < -0.4 is 0 Å². The molecule has 298 valence electrons. The van der Waals surface area contributed by atoms with Gasteiger partial charge in [0.15, 0.2) is 0 Å².